The lowest BCUT2D eigenvalue weighted by molar-refractivity contribution is -0.385. The first kappa shape index (κ1) is 27.5. The molecule has 0 N–H and O–H groups in total. The van der Waals surface area contributed by atoms with Gasteiger partial charge in [0.1, 0.15) is 5.75 Å². The van der Waals surface area contributed by atoms with Crippen LogP contribution >= 0.6 is 11.6 Å². The number of aryl methyl sites for hydroxylation is 1. The Kier molecular flexibility index (Phi) is 7.78. The van der Waals surface area contributed by atoms with Crippen molar-refractivity contribution in [1.82, 2.24) is 9.66 Å². The minimum Gasteiger partial charge on any atom is -0.496 e. The number of ether oxygens (including phenoxy) is 2. The summed E-state index contributed by atoms with van der Waals surface area (Å²) in [5.74, 6) is 0.0114. The van der Waals surface area contributed by atoms with E-state index >= 15 is 0 Å². The van der Waals surface area contributed by atoms with Crippen LogP contribution in [0.4, 0.5) is 5.69 Å². The van der Waals surface area contributed by atoms with Gasteiger partial charge in [0.05, 0.1) is 34.2 Å². The number of rotatable bonds is 7. The molecule has 1 aromatic heterocycles. The largest absolute Gasteiger partial charge is 0.496 e. The van der Waals surface area contributed by atoms with E-state index in [0.717, 1.165) is 34.5 Å². The summed E-state index contributed by atoms with van der Waals surface area (Å²) < 4.78 is 11.6. The third-order valence-electron chi connectivity index (χ3n) is 6.00. The van der Waals surface area contributed by atoms with Crippen molar-refractivity contribution < 1.29 is 19.2 Å². The summed E-state index contributed by atoms with van der Waals surface area (Å²) in [7, 11) is 1.60. The van der Waals surface area contributed by atoms with Gasteiger partial charge in [0.15, 0.2) is 5.82 Å². The molecule has 0 aliphatic carbocycles. The molecule has 0 unspecified atom stereocenters. The van der Waals surface area contributed by atoms with Crippen LogP contribution in [-0.4, -0.2) is 33.9 Å². The SMILES string of the molecule is COc1cc(C)c(-c2nc3ccccc3c(=O)n2N=Cc2cc(Cl)c(OC(C)=O)c([N+](=O)[O-])c2)cc1C(C)C. The lowest BCUT2D eigenvalue weighted by atomic mass is 9.96. The van der Waals surface area contributed by atoms with Gasteiger partial charge in [0.2, 0.25) is 5.75 Å². The molecular weight excluding hydrogens is 524 g/mol. The van der Waals surface area contributed by atoms with Gasteiger partial charge in [0.25, 0.3) is 5.56 Å². The van der Waals surface area contributed by atoms with Gasteiger partial charge in [-0.2, -0.15) is 9.78 Å². The van der Waals surface area contributed by atoms with Crippen LogP contribution in [0.1, 0.15) is 43.4 Å². The summed E-state index contributed by atoms with van der Waals surface area (Å²) >= 11 is 6.20. The molecule has 4 rings (SSSR count). The second-order valence-electron chi connectivity index (χ2n) is 9.08. The van der Waals surface area contributed by atoms with Gasteiger partial charge < -0.3 is 9.47 Å². The molecule has 10 nitrogen and oxygen atoms in total. The molecule has 0 radical (unpaired) electrons. The molecule has 0 saturated carbocycles. The van der Waals surface area contributed by atoms with Crippen molar-refractivity contribution in [3.63, 3.8) is 0 Å². The van der Waals surface area contributed by atoms with E-state index in [1.54, 1.807) is 31.4 Å². The number of hydrogen-bond donors (Lipinski definition) is 0. The highest BCUT2D eigenvalue weighted by Crippen LogP contribution is 2.36. The van der Waals surface area contributed by atoms with E-state index in [1.165, 1.54) is 12.3 Å². The van der Waals surface area contributed by atoms with E-state index in [2.05, 4.69) is 5.10 Å². The van der Waals surface area contributed by atoms with Crippen LogP contribution in [0, 0.1) is 17.0 Å². The number of halogens is 1. The van der Waals surface area contributed by atoms with Crippen LogP contribution in [0.25, 0.3) is 22.3 Å². The number of fused-ring (bicyclic) bond motifs is 1. The van der Waals surface area contributed by atoms with Crippen molar-refractivity contribution in [2.75, 3.05) is 7.11 Å². The molecule has 39 heavy (non-hydrogen) atoms. The Morgan fingerprint density at radius 3 is 2.56 bits per heavy atom. The number of aromatic nitrogens is 2. The minimum atomic E-state index is -0.754. The van der Waals surface area contributed by atoms with E-state index in [9.17, 15) is 19.7 Å². The zero-order chi connectivity index (χ0) is 28.4. The predicted molar refractivity (Wildman–Crippen MR) is 149 cm³/mol. The molecule has 0 aliphatic rings. The molecule has 0 atom stereocenters. The molecular formula is C28H25ClN4O6. The van der Waals surface area contributed by atoms with E-state index in [0.29, 0.717) is 16.5 Å². The maximum atomic E-state index is 13.6. The van der Waals surface area contributed by atoms with Crippen LogP contribution in [0.3, 0.4) is 0 Å². The van der Waals surface area contributed by atoms with Crippen molar-refractivity contribution in [1.29, 1.82) is 0 Å². The molecule has 0 bridgehead atoms. The molecule has 0 spiro atoms. The van der Waals surface area contributed by atoms with Gasteiger partial charge in [-0.05, 0) is 54.3 Å². The van der Waals surface area contributed by atoms with Gasteiger partial charge >= 0.3 is 11.7 Å². The second kappa shape index (κ2) is 11.0. The van der Waals surface area contributed by atoms with Gasteiger partial charge in [0, 0.05) is 24.1 Å². The fraction of sp³-hybridized carbons (Fsp3) is 0.214. The molecule has 0 aliphatic heterocycles. The first-order valence-corrected chi connectivity index (χ1v) is 12.3. The maximum Gasteiger partial charge on any atom is 0.313 e. The molecule has 1 heterocycles. The zero-order valence-electron chi connectivity index (χ0n) is 21.9. The second-order valence-corrected chi connectivity index (χ2v) is 9.49. The average molecular weight is 549 g/mol. The lowest BCUT2D eigenvalue weighted by Crippen LogP contribution is -2.21. The monoisotopic (exact) mass is 548 g/mol. The van der Waals surface area contributed by atoms with E-state index in [1.807, 2.05) is 32.9 Å². The Balaban J connectivity index is 1.96. The minimum absolute atomic E-state index is 0.127. The Bertz CT molecular complexity index is 1710. The quantitative estimate of drug-likeness (QED) is 0.0928. The number of benzene rings is 3. The van der Waals surface area contributed by atoms with Gasteiger partial charge in [-0.25, -0.2) is 4.98 Å². The van der Waals surface area contributed by atoms with E-state index in [-0.39, 0.29) is 28.1 Å². The number of para-hydroxylation sites is 1. The van der Waals surface area contributed by atoms with Crippen molar-refractivity contribution >= 4 is 40.4 Å². The normalized spacial score (nSPS) is 11.4. The molecule has 11 heteroatoms. The van der Waals surface area contributed by atoms with Gasteiger partial charge in [-0.3, -0.25) is 19.7 Å². The molecule has 0 amide bonds. The van der Waals surface area contributed by atoms with Crippen LogP contribution in [0.15, 0.2) is 58.4 Å². The number of methoxy groups -OCH3 is 1. The van der Waals surface area contributed by atoms with E-state index in [4.69, 9.17) is 26.1 Å². The highest BCUT2D eigenvalue weighted by molar-refractivity contribution is 6.32. The summed E-state index contributed by atoms with van der Waals surface area (Å²) in [4.78, 5) is 40.7. The number of nitro groups is 1. The number of esters is 1. The fourth-order valence-corrected chi connectivity index (χ4v) is 4.41. The van der Waals surface area contributed by atoms with Gasteiger partial charge in [-0.15, -0.1) is 0 Å². The van der Waals surface area contributed by atoms with Crippen LogP contribution in [0.2, 0.25) is 5.02 Å². The lowest BCUT2D eigenvalue weighted by Gasteiger charge is -2.17. The van der Waals surface area contributed by atoms with Crippen LogP contribution < -0.4 is 15.0 Å². The summed E-state index contributed by atoms with van der Waals surface area (Å²) in [6.07, 6.45) is 1.26. The Morgan fingerprint density at radius 2 is 1.92 bits per heavy atom. The smallest absolute Gasteiger partial charge is 0.313 e. The topological polar surface area (TPSA) is 126 Å². The van der Waals surface area contributed by atoms with Crippen molar-refractivity contribution in [2.45, 2.75) is 33.6 Å². The first-order valence-electron chi connectivity index (χ1n) is 11.9. The van der Waals surface area contributed by atoms with Crippen molar-refractivity contribution in [3.8, 4) is 22.9 Å². The van der Waals surface area contributed by atoms with Crippen LogP contribution in [0.5, 0.6) is 11.5 Å². The van der Waals surface area contributed by atoms with E-state index < -0.39 is 22.1 Å². The summed E-state index contributed by atoms with van der Waals surface area (Å²) in [5.41, 5.74) is 2.18. The summed E-state index contributed by atoms with van der Waals surface area (Å²) in [5, 5.41) is 16.2. The molecule has 0 saturated heterocycles. The fourth-order valence-electron chi connectivity index (χ4n) is 4.15. The average Bonchev–Trinajstić information content (AvgIpc) is 2.88. The first-order chi connectivity index (χ1) is 18.5. The molecule has 4 aromatic rings. The number of hydrogen-bond acceptors (Lipinski definition) is 8. The predicted octanol–water partition coefficient (Wildman–Crippen LogP) is 5.87. The zero-order valence-corrected chi connectivity index (χ0v) is 22.6. The van der Waals surface area contributed by atoms with Crippen molar-refractivity contribution in [3.05, 3.63) is 90.7 Å². The van der Waals surface area contributed by atoms with Crippen LogP contribution in [-0.2, 0) is 4.79 Å². The standard InChI is InChI=1S/C28H25ClN4O6/c1-15(2)20-13-21(16(3)10-25(20)38-5)27-31-23-9-7-6-8-19(23)28(35)32(27)30-14-18-11-22(29)26(39-17(4)34)24(12-18)33(36)37/h6-15H,1-5H3. The maximum absolute atomic E-state index is 13.6. The number of carbonyl (C=O) groups is 1. The molecule has 3 aromatic carbocycles. The molecule has 0 fully saturated rings. The Morgan fingerprint density at radius 1 is 1.21 bits per heavy atom. The highest BCUT2D eigenvalue weighted by Gasteiger charge is 2.22. The summed E-state index contributed by atoms with van der Waals surface area (Å²) in [6, 6.07) is 13.2. The number of nitrogens with zero attached hydrogens (tertiary/aromatic N) is 4. The third-order valence-corrected chi connectivity index (χ3v) is 6.29. The number of nitro benzene ring substituents is 1. The number of carbonyl (C=O) groups excluding carboxylic acids is 1. The van der Waals surface area contributed by atoms with Crippen molar-refractivity contribution in [2.24, 2.45) is 5.10 Å². The Hall–Kier alpha value is -4.57. The van der Waals surface area contributed by atoms with Gasteiger partial charge in [-0.1, -0.05) is 37.6 Å². The Labute approximate surface area is 228 Å². The summed E-state index contributed by atoms with van der Waals surface area (Å²) in [6.45, 7) is 7.06. The highest BCUT2D eigenvalue weighted by atomic mass is 35.5. The molecule has 200 valence electrons. The third kappa shape index (κ3) is 5.51.